The van der Waals surface area contributed by atoms with Crippen LogP contribution in [0.5, 0.6) is 0 Å². The van der Waals surface area contributed by atoms with Crippen molar-refractivity contribution in [1.82, 2.24) is 9.62 Å². The summed E-state index contributed by atoms with van der Waals surface area (Å²) < 4.78 is 64.8. The largest absolute Gasteiger partial charge is 0.417 e. The molecule has 0 unspecified atom stereocenters. The maximum atomic E-state index is 12.8. The van der Waals surface area contributed by atoms with Crippen molar-refractivity contribution >= 4 is 27.5 Å². The average Bonchev–Trinajstić information content (AvgIpc) is 2.88. The van der Waals surface area contributed by atoms with Crippen LogP contribution in [0.1, 0.15) is 24.8 Å². The monoisotopic (exact) mass is 384 g/mol. The number of nitrogens with one attached hydrogen (secondary N) is 1. The van der Waals surface area contributed by atoms with Gasteiger partial charge in [0, 0.05) is 26.1 Å². The predicted octanol–water partition coefficient (Wildman–Crippen LogP) is 2.65. The first kappa shape index (κ1) is 19.0. The molecule has 24 heavy (non-hydrogen) atoms. The topological polar surface area (TPSA) is 66.5 Å². The third-order valence-corrected chi connectivity index (χ3v) is 5.41. The Bertz CT molecular complexity index is 722. The molecule has 0 bridgehead atoms. The van der Waals surface area contributed by atoms with Gasteiger partial charge in [0.25, 0.3) is 0 Å². The number of likely N-dealkylation sites (tertiary alicyclic amines) is 1. The summed E-state index contributed by atoms with van der Waals surface area (Å²) in [6, 6.07) is 2.43. The van der Waals surface area contributed by atoms with Crippen LogP contribution in [0.25, 0.3) is 0 Å². The fourth-order valence-corrected chi connectivity index (χ4v) is 3.71. The van der Waals surface area contributed by atoms with Crippen LogP contribution in [0.3, 0.4) is 0 Å². The molecule has 0 aliphatic carbocycles. The minimum Gasteiger partial charge on any atom is -0.343 e. The number of hydrogen-bond donors (Lipinski definition) is 1. The highest BCUT2D eigenvalue weighted by atomic mass is 35.5. The highest BCUT2D eigenvalue weighted by Crippen LogP contribution is 2.35. The van der Waals surface area contributed by atoms with Crippen molar-refractivity contribution < 1.29 is 26.4 Å². The Balaban J connectivity index is 1.99. The smallest absolute Gasteiger partial charge is 0.343 e. The van der Waals surface area contributed by atoms with Crippen LogP contribution in [-0.4, -0.2) is 38.9 Å². The number of sulfonamides is 1. The number of halogens is 4. The van der Waals surface area contributed by atoms with Gasteiger partial charge in [-0.15, -0.1) is 0 Å². The second-order valence-electron chi connectivity index (χ2n) is 5.38. The number of hydrogen-bond acceptors (Lipinski definition) is 3. The van der Waals surface area contributed by atoms with Gasteiger partial charge in [-0.25, -0.2) is 13.1 Å². The molecular weight excluding hydrogens is 369 g/mol. The van der Waals surface area contributed by atoms with E-state index < -0.39 is 31.7 Å². The van der Waals surface area contributed by atoms with E-state index in [0.29, 0.717) is 32.0 Å². The van der Waals surface area contributed by atoms with E-state index in [1.165, 1.54) is 0 Å². The van der Waals surface area contributed by atoms with Gasteiger partial charge in [0.05, 0.1) is 15.5 Å². The molecule has 1 aliphatic rings. The number of rotatable bonds is 6. The summed E-state index contributed by atoms with van der Waals surface area (Å²) >= 11 is 5.47. The van der Waals surface area contributed by atoms with E-state index >= 15 is 0 Å². The van der Waals surface area contributed by atoms with Crippen LogP contribution >= 0.6 is 11.6 Å². The molecule has 1 aromatic carbocycles. The zero-order valence-corrected chi connectivity index (χ0v) is 14.1. The standard InChI is InChI=1S/C14H16ClF3N2O3S/c15-12-5-4-10(9-11(12)14(16,17)18)24(22,23)19-6-2-8-20-7-1-3-13(20)21/h4-5,9,19H,1-3,6-8H2. The molecule has 1 fully saturated rings. The fraction of sp³-hybridized carbons (Fsp3) is 0.500. The van der Waals surface area contributed by atoms with E-state index in [4.69, 9.17) is 11.6 Å². The minimum absolute atomic E-state index is 0.0239. The summed E-state index contributed by atoms with van der Waals surface area (Å²) in [4.78, 5) is 12.6. The molecule has 10 heteroatoms. The summed E-state index contributed by atoms with van der Waals surface area (Å²) in [5.41, 5.74) is -1.20. The van der Waals surface area contributed by atoms with E-state index in [0.717, 1.165) is 18.6 Å². The number of benzene rings is 1. The Hall–Kier alpha value is -1.32. The number of carbonyl (C=O) groups excluding carboxylic acids is 1. The molecule has 1 amide bonds. The molecule has 134 valence electrons. The second-order valence-corrected chi connectivity index (χ2v) is 7.55. The van der Waals surface area contributed by atoms with Crippen molar-refractivity contribution in [3.05, 3.63) is 28.8 Å². The zero-order valence-electron chi connectivity index (χ0n) is 12.6. The summed E-state index contributed by atoms with van der Waals surface area (Å²) in [7, 11) is -4.08. The lowest BCUT2D eigenvalue weighted by molar-refractivity contribution is -0.137. The first-order valence-corrected chi connectivity index (χ1v) is 9.11. The van der Waals surface area contributed by atoms with Gasteiger partial charge >= 0.3 is 6.18 Å². The maximum absolute atomic E-state index is 12.8. The number of amides is 1. The van der Waals surface area contributed by atoms with Crippen LogP contribution in [0.15, 0.2) is 23.1 Å². The van der Waals surface area contributed by atoms with E-state index in [-0.39, 0.29) is 12.5 Å². The molecule has 0 saturated carbocycles. The molecule has 1 N–H and O–H groups in total. The Labute approximate surface area is 142 Å². The van der Waals surface area contributed by atoms with Gasteiger partial charge in [-0.2, -0.15) is 13.2 Å². The normalized spacial score (nSPS) is 16.0. The van der Waals surface area contributed by atoms with Gasteiger partial charge in [-0.3, -0.25) is 4.79 Å². The van der Waals surface area contributed by atoms with Gasteiger partial charge in [-0.05, 0) is 31.0 Å². The molecule has 0 spiro atoms. The average molecular weight is 385 g/mol. The van der Waals surface area contributed by atoms with Crippen molar-refractivity contribution in [2.45, 2.75) is 30.3 Å². The van der Waals surface area contributed by atoms with Crippen molar-refractivity contribution in [2.75, 3.05) is 19.6 Å². The molecule has 2 rings (SSSR count). The molecule has 1 aromatic rings. The fourth-order valence-electron chi connectivity index (χ4n) is 2.39. The van der Waals surface area contributed by atoms with Crippen LogP contribution in [-0.2, 0) is 21.0 Å². The van der Waals surface area contributed by atoms with Gasteiger partial charge in [-0.1, -0.05) is 11.6 Å². The quantitative estimate of drug-likeness (QED) is 0.767. The molecule has 1 heterocycles. The van der Waals surface area contributed by atoms with Gasteiger partial charge in [0.15, 0.2) is 0 Å². The zero-order chi connectivity index (χ0) is 18.0. The summed E-state index contributed by atoms with van der Waals surface area (Å²) in [5.74, 6) is 0.0328. The second kappa shape index (κ2) is 7.28. The van der Waals surface area contributed by atoms with Crippen LogP contribution in [0, 0.1) is 0 Å². The maximum Gasteiger partial charge on any atom is 0.417 e. The molecule has 1 saturated heterocycles. The number of carbonyl (C=O) groups is 1. The lowest BCUT2D eigenvalue weighted by Crippen LogP contribution is -2.30. The summed E-state index contributed by atoms with van der Waals surface area (Å²) in [6.07, 6.45) is -3.07. The van der Waals surface area contributed by atoms with Crippen molar-refractivity contribution in [1.29, 1.82) is 0 Å². The van der Waals surface area contributed by atoms with E-state index in [1.54, 1.807) is 4.90 Å². The molecular formula is C14H16ClF3N2O3S. The third kappa shape index (κ3) is 4.61. The number of nitrogens with zero attached hydrogens (tertiary/aromatic N) is 1. The van der Waals surface area contributed by atoms with Crippen LogP contribution < -0.4 is 4.72 Å². The summed E-state index contributed by atoms with van der Waals surface area (Å²) in [6.45, 7) is 1.09. The highest BCUT2D eigenvalue weighted by molar-refractivity contribution is 7.89. The van der Waals surface area contributed by atoms with Crippen molar-refractivity contribution in [3.8, 4) is 0 Å². The lowest BCUT2D eigenvalue weighted by Gasteiger charge is -2.15. The number of alkyl halides is 3. The predicted molar refractivity (Wildman–Crippen MR) is 82.1 cm³/mol. The van der Waals surface area contributed by atoms with Gasteiger partial charge in [0.2, 0.25) is 15.9 Å². The first-order valence-electron chi connectivity index (χ1n) is 7.25. The molecule has 5 nitrogen and oxygen atoms in total. The van der Waals surface area contributed by atoms with Crippen LogP contribution in [0.2, 0.25) is 5.02 Å². The van der Waals surface area contributed by atoms with Gasteiger partial charge in [0.1, 0.15) is 0 Å². The van der Waals surface area contributed by atoms with Gasteiger partial charge < -0.3 is 4.90 Å². The first-order chi connectivity index (χ1) is 11.1. The van der Waals surface area contributed by atoms with Crippen molar-refractivity contribution in [2.24, 2.45) is 0 Å². The molecule has 0 atom stereocenters. The SMILES string of the molecule is O=C1CCCN1CCCNS(=O)(=O)c1ccc(Cl)c(C(F)(F)F)c1. The van der Waals surface area contributed by atoms with E-state index in [9.17, 15) is 26.4 Å². The van der Waals surface area contributed by atoms with Crippen LogP contribution in [0.4, 0.5) is 13.2 Å². The highest BCUT2D eigenvalue weighted by Gasteiger charge is 2.34. The van der Waals surface area contributed by atoms with Crippen molar-refractivity contribution in [3.63, 3.8) is 0 Å². The Morgan fingerprint density at radius 3 is 2.58 bits per heavy atom. The molecule has 0 aromatic heterocycles. The van der Waals surface area contributed by atoms with E-state index in [2.05, 4.69) is 4.72 Å². The lowest BCUT2D eigenvalue weighted by atomic mass is 10.2. The molecule has 1 aliphatic heterocycles. The minimum atomic E-state index is -4.74. The van der Waals surface area contributed by atoms with E-state index in [1.807, 2.05) is 0 Å². The Morgan fingerprint density at radius 1 is 1.29 bits per heavy atom. The summed E-state index contributed by atoms with van der Waals surface area (Å²) in [5, 5.41) is -0.561. The molecule has 0 radical (unpaired) electrons. The Kier molecular flexibility index (Phi) is 5.77. The Morgan fingerprint density at radius 2 is 2.00 bits per heavy atom. The third-order valence-electron chi connectivity index (χ3n) is 3.62.